The largest absolute Gasteiger partial charge is 0.481 e. The highest BCUT2D eigenvalue weighted by molar-refractivity contribution is 5.76. The molecule has 0 bridgehead atoms. The lowest BCUT2D eigenvalue weighted by atomic mass is 10.2. The van der Waals surface area contributed by atoms with Gasteiger partial charge in [0.25, 0.3) is 0 Å². The molecule has 0 saturated carbocycles. The molecule has 0 aromatic rings. The van der Waals surface area contributed by atoms with Crippen LogP contribution in [0.2, 0.25) is 0 Å². The molecule has 0 saturated heterocycles. The van der Waals surface area contributed by atoms with Crippen molar-refractivity contribution in [1.82, 2.24) is 0 Å². The van der Waals surface area contributed by atoms with E-state index in [1.807, 2.05) is 0 Å². The summed E-state index contributed by atoms with van der Waals surface area (Å²) in [5.41, 5.74) is 35.6. The van der Waals surface area contributed by atoms with Crippen molar-refractivity contribution in [2.45, 2.75) is 75.5 Å². The highest BCUT2D eigenvalue weighted by Gasteiger charge is 2.13. The van der Waals surface area contributed by atoms with Crippen LogP contribution in [0.1, 0.15) is 51.4 Å². The van der Waals surface area contributed by atoms with E-state index in [0.717, 1.165) is 0 Å². The number of aliphatic carboxylic acids is 6. The first kappa shape index (κ1) is 43.9. The Labute approximate surface area is 235 Å². The van der Waals surface area contributed by atoms with Crippen molar-refractivity contribution in [3.63, 3.8) is 0 Å². The number of hydrogen-bond donors (Lipinski definition) is 13. The van der Waals surface area contributed by atoms with Crippen molar-refractivity contribution in [2.75, 3.05) is 13.1 Å². The third-order valence-electron chi connectivity index (χ3n) is 4.29. The second-order valence-corrected chi connectivity index (χ2v) is 8.02. The van der Waals surface area contributed by atoms with E-state index in [4.69, 9.17) is 70.8 Å². The standard InChI is InChI=1S/C6H14N4O2.C5H12N2O2.2C5H9NO4/c7-4(5(11)12)2-1-3-10-6(8)9;6-3-1-2-4(7)5(8)9;2*6-3(5(9)10)1-2-4(7)8/h4H,1-3,7H2,(H,11,12)(H4,8,9,10);4H,1-3,6-7H2,(H,8,9);2*3H,1-2,6H2,(H,7,8)(H,9,10). The molecular weight excluding hydrogens is 556 g/mol. The molecule has 0 aliphatic heterocycles. The first-order valence-corrected chi connectivity index (χ1v) is 11.9. The van der Waals surface area contributed by atoms with Gasteiger partial charge in [0.05, 0.1) is 0 Å². The maximum absolute atomic E-state index is 10.2. The zero-order valence-electron chi connectivity index (χ0n) is 22.5. The number of guanidine groups is 1. The summed E-state index contributed by atoms with van der Waals surface area (Å²) in [6.07, 6.45) is 1.65. The Morgan fingerprint density at radius 1 is 0.537 bits per heavy atom. The first-order chi connectivity index (χ1) is 18.8. The zero-order valence-corrected chi connectivity index (χ0v) is 22.5. The van der Waals surface area contributed by atoms with Gasteiger partial charge in [-0.05, 0) is 45.1 Å². The Balaban J connectivity index is -0.000000224. The number of rotatable bonds is 17. The fraction of sp³-hybridized carbons (Fsp3) is 0.667. The average molecular weight is 601 g/mol. The van der Waals surface area contributed by atoms with E-state index in [1.165, 1.54) is 0 Å². The van der Waals surface area contributed by atoms with Gasteiger partial charge in [0.15, 0.2) is 5.96 Å². The van der Waals surface area contributed by atoms with E-state index in [1.54, 1.807) is 0 Å². The predicted molar refractivity (Wildman–Crippen MR) is 144 cm³/mol. The van der Waals surface area contributed by atoms with E-state index in [9.17, 15) is 28.8 Å². The van der Waals surface area contributed by atoms with Gasteiger partial charge >= 0.3 is 35.8 Å². The molecule has 0 aromatic carbocycles. The summed E-state index contributed by atoms with van der Waals surface area (Å²) >= 11 is 0. The molecule has 0 aliphatic rings. The lowest BCUT2D eigenvalue weighted by Gasteiger charge is -2.03. The number of nitrogens with two attached hydrogens (primary N) is 7. The molecular formula is C21H44N8O12. The average Bonchev–Trinajstić information content (AvgIpc) is 2.87. The molecule has 0 radical (unpaired) electrons. The Kier molecular flexibility index (Phi) is 29.4. The Morgan fingerprint density at radius 3 is 1.07 bits per heavy atom. The van der Waals surface area contributed by atoms with Gasteiger partial charge in [-0.3, -0.25) is 33.8 Å². The van der Waals surface area contributed by atoms with E-state index >= 15 is 0 Å². The summed E-state index contributed by atoms with van der Waals surface area (Å²) in [6, 6.07) is -3.68. The molecule has 20 N–H and O–H groups in total. The van der Waals surface area contributed by atoms with Gasteiger partial charge in [0.1, 0.15) is 24.2 Å². The van der Waals surface area contributed by atoms with Crippen LogP contribution in [0.4, 0.5) is 0 Å². The third kappa shape index (κ3) is 38.1. The van der Waals surface area contributed by atoms with Crippen molar-refractivity contribution in [1.29, 1.82) is 0 Å². The van der Waals surface area contributed by atoms with E-state index in [-0.39, 0.29) is 31.6 Å². The third-order valence-corrected chi connectivity index (χ3v) is 4.29. The van der Waals surface area contributed by atoms with E-state index in [0.29, 0.717) is 38.8 Å². The number of carboxylic acid groups (broad SMARTS) is 6. The monoisotopic (exact) mass is 600 g/mol. The smallest absolute Gasteiger partial charge is 0.320 e. The van der Waals surface area contributed by atoms with Crippen molar-refractivity contribution in [2.24, 2.45) is 45.1 Å². The summed E-state index contributed by atoms with van der Waals surface area (Å²) < 4.78 is 0. The van der Waals surface area contributed by atoms with Gasteiger partial charge in [-0.2, -0.15) is 0 Å². The minimum Gasteiger partial charge on any atom is -0.481 e. The molecule has 0 fully saturated rings. The SMILES string of the molecule is NC(CCC(=O)O)C(=O)O.NC(CCC(=O)O)C(=O)O.NC(N)=NCCCC(N)C(=O)O.NCCCC(N)C(=O)O. The first-order valence-electron chi connectivity index (χ1n) is 11.9. The topological polar surface area (TPSA) is 418 Å². The summed E-state index contributed by atoms with van der Waals surface area (Å²) in [5, 5.41) is 49.2. The minimum absolute atomic E-state index is 0.0129. The lowest BCUT2D eigenvalue weighted by molar-refractivity contribution is -0.141. The van der Waals surface area contributed by atoms with E-state index in [2.05, 4.69) is 4.99 Å². The van der Waals surface area contributed by atoms with Crippen LogP contribution in [0.15, 0.2) is 4.99 Å². The van der Waals surface area contributed by atoms with Gasteiger partial charge in [-0.1, -0.05) is 0 Å². The van der Waals surface area contributed by atoms with Crippen LogP contribution in [-0.2, 0) is 28.8 Å². The van der Waals surface area contributed by atoms with Crippen molar-refractivity contribution < 1.29 is 59.4 Å². The number of hydrogen-bond acceptors (Lipinski definition) is 12. The second-order valence-electron chi connectivity index (χ2n) is 8.02. The van der Waals surface area contributed by atoms with Gasteiger partial charge in [0, 0.05) is 19.4 Å². The van der Waals surface area contributed by atoms with Gasteiger partial charge in [0.2, 0.25) is 0 Å². The van der Waals surface area contributed by atoms with Crippen LogP contribution >= 0.6 is 0 Å². The Bertz CT molecular complexity index is 790. The fourth-order valence-electron chi connectivity index (χ4n) is 1.91. The Hall–Kier alpha value is -4.11. The molecule has 0 amide bonds. The summed E-state index contributed by atoms with van der Waals surface area (Å²) in [4.78, 5) is 63.7. The molecule has 20 nitrogen and oxygen atoms in total. The zero-order chi connectivity index (χ0) is 33.1. The van der Waals surface area contributed by atoms with Crippen LogP contribution < -0.4 is 40.1 Å². The second kappa shape index (κ2) is 27.5. The molecule has 20 heteroatoms. The van der Waals surface area contributed by atoms with Crippen molar-refractivity contribution >= 4 is 41.8 Å². The normalized spacial score (nSPS) is 12.5. The van der Waals surface area contributed by atoms with Crippen molar-refractivity contribution in [3.05, 3.63) is 0 Å². The van der Waals surface area contributed by atoms with Gasteiger partial charge < -0.3 is 70.8 Å². The maximum atomic E-state index is 10.2. The molecule has 0 aliphatic carbocycles. The number of nitrogens with zero attached hydrogens (tertiary/aromatic N) is 1. The quantitative estimate of drug-likeness (QED) is 0.0431. The fourth-order valence-corrected chi connectivity index (χ4v) is 1.91. The van der Waals surface area contributed by atoms with Gasteiger partial charge in [-0.15, -0.1) is 0 Å². The molecule has 4 unspecified atom stereocenters. The van der Waals surface area contributed by atoms with Crippen LogP contribution in [0.3, 0.4) is 0 Å². The molecule has 0 aromatic heterocycles. The molecule has 0 rings (SSSR count). The molecule has 240 valence electrons. The number of carbonyl (C=O) groups is 6. The molecule has 0 spiro atoms. The van der Waals surface area contributed by atoms with Crippen LogP contribution in [0.5, 0.6) is 0 Å². The Morgan fingerprint density at radius 2 is 0.829 bits per heavy atom. The van der Waals surface area contributed by atoms with E-state index < -0.39 is 60.0 Å². The maximum Gasteiger partial charge on any atom is 0.320 e. The van der Waals surface area contributed by atoms with Crippen LogP contribution in [0.25, 0.3) is 0 Å². The summed E-state index contributed by atoms with van der Waals surface area (Å²) in [6.45, 7) is 0.921. The number of carboxylic acids is 6. The highest BCUT2D eigenvalue weighted by atomic mass is 16.4. The summed E-state index contributed by atoms with van der Waals surface area (Å²) in [5.74, 6) is -6.34. The predicted octanol–water partition coefficient (Wildman–Crippen LogP) is -3.88. The molecule has 0 heterocycles. The summed E-state index contributed by atoms with van der Waals surface area (Å²) in [7, 11) is 0. The molecule has 4 atom stereocenters. The van der Waals surface area contributed by atoms with Gasteiger partial charge in [-0.25, -0.2) is 0 Å². The minimum atomic E-state index is -1.17. The van der Waals surface area contributed by atoms with Crippen molar-refractivity contribution in [3.8, 4) is 0 Å². The van der Waals surface area contributed by atoms with Crippen LogP contribution in [-0.4, -0.2) is 110 Å². The lowest BCUT2D eigenvalue weighted by Crippen LogP contribution is -2.30. The number of aliphatic imine (C=N–C) groups is 1. The molecule has 41 heavy (non-hydrogen) atoms. The van der Waals surface area contributed by atoms with Crippen LogP contribution in [0, 0.1) is 0 Å². The highest BCUT2D eigenvalue weighted by Crippen LogP contribution is 1.95.